The van der Waals surface area contributed by atoms with Gasteiger partial charge in [0.25, 0.3) is 0 Å². The minimum absolute atomic E-state index is 0.104. The lowest BCUT2D eigenvalue weighted by Gasteiger charge is -2.37. The molecule has 0 saturated carbocycles. The van der Waals surface area contributed by atoms with Gasteiger partial charge in [0, 0.05) is 13.1 Å². The molecule has 0 aliphatic carbocycles. The fourth-order valence-electron chi connectivity index (χ4n) is 2.08. The van der Waals surface area contributed by atoms with E-state index in [1.807, 2.05) is 13.8 Å². The van der Waals surface area contributed by atoms with Crippen molar-refractivity contribution in [3.63, 3.8) is 0 Å². The minimum atomic E-state index is -0.485. The van der Waals surface area contributed by atoms with E-state index in [-0.39, 0.29) is 17.2 Å². The first-order chi connectivity index (χ1) is 8.19. The van der Waals surface area contributed by atoms with Gasteiger partial charge in [-0.2, -0.15) is 0 Å². The van der Waals surface area contributed by atoms with Gasteiger partial charge in [-0.3, -0.25) is 4.79 Å². The summed E-state index contributed by atoms with van der Waals surface area (Å²) >= 11 is 0. The van der Waals surface area contributed by atoms with Crippen molar-refractivity contribution < 1.29 is 4.79 Å². The lowest BCUT2D eigenvalue weighted by Crippen LogP contribution is -2.59. The molecular formula is C15H32N2O. The Morgan fingerprint density at radius 2 is 1.72 bits per heavy atom. The quantitative estimate of drug-likeness (QED) is 0.701. The van der Waals surface area contributed by atoms with Gasteiger partial charge in [-0.25, -0.2) is 0 Å². The Bertz CT molecular complexity index is 261. The SMILES string of the molecule is CCCC(C)(C)CNC(C)(C(=O)NCC)C(C)C. The van der Waals surface area contributed by atoms with E-state index in [4.69, 9.17) is 0 Å². The van der Waals surface area contributed by atoms with E-state index in [2.05, 4.69) is 45.3 Å². The highest BCUT2D eigenvalue weighted by Gasteiger charge is 2.37. The molecule has 0 spiro atoms. The van der Waals surface area contributed by atoms with E-state index in [0.29, 0.717) is 6.54 Å². The highest BCUT2D eigenvalue weighted by molar-refractivity contribution is 5.86. The molecule has 0 saturated heterocycles. The maximum Gasteiger partial charge on any atom is 0.240 e. The van der Waals surface area contributed by atoms with E-state index in [0.717, 1.165) is 6.54 Å². The van der Waals surface area contributed by atoms with Crippen molar-refractivity contribution in [2.45, 2.75) is 66.8 Å². The van der Waals surface area contributed by atoms with Gasteiger partial charge >= 0.3 is 0 Å². The highest BCUT2D eigenvalue weighted by atomic mass is 16.2. The van der Waals surface area contributed by atoms with Gasteiger partial charge in [-0.15, -0.1) is 0 Å². The first-order valence-corrected chi connectivity index (χ1v) is 7.23. The first-order valence-electron chi connectivity index (χ1n) is 7.23. The van der Waals surface area contributed by atoms with Crippen LogP contribution in [-0.2, 0) is 4.79 Å². The van der Waals surface area contributed by atoms with Crippen LogP contribution < -0.4 is 10.6 Å². The Morgan fingerprint density at radius 1 is 1.17 bits per heavy atom. The number of rotatable bonds is 8. The third-order valence-electron chi connectivity index (χ3n) is 3.82. The summed E-state index contributed by atoms with van der Waals surface area (Å²) in [4.78, 5) is 12.2. The lowest BCUT2D eigenvalue weighted by atomic mass is 9.83. The molecule has 3 nitrogen and oxygen atoms in total. The third-order valence-corrected chi connectivity index (χ3v) is 3.82. The molecule has 1 amide bonds. The Kier molecular flexibility index (Phi) is 6.90. The Balaban J connectivity index is 4.68. The van der Waals surface area contributed by atoms with Crippen molar-refractivity contribution in [2.75, 3.05) is 13.1 Å². The van der Waals surface area contributed by atoms with Crippen LogP contribution >= 0.6 is 0 Å². The molecule has 0 radical (unpaired) electrons. The van der Waals surface area contributed by atoms with Crippen molar-refractivity contribution >= 4 is 5.91 Å². The van der Waals surface area contributed by atoms with Crippen LogP contribution in [0.4, 0.5) is 0 Å². The van der Waals surface area contributed by atoms with Gasteiger partial charge in [-0.1, -0.05) is 41.0 Å². The zero-order chi connectivity index (χ0) is 14.4. The second-order valence-electron chi connectivity index (χ2n) is 6.48. The number of carbonyl (C=O) groups is 1. The normalized spacial score (nSPS) is 15.6. The summed E-state index contributed by atoms with van der Waals surface area (Å²) < 4.78 is 0. The number of nitrogens with one attached hydrogen (secondary N) is 2. The summed E-state index contributed by atoms with van der Waals surface area (Å²) in [6.45, 7) is 16.4. The monoisotopic (exact) mass is 256 g/mol. The van der Waals surface area contributed by atoms with E-state index in [1.54, 1.807) is 0 Å². The fourth-order valence-corrected chi connectivity index (χ4v) is 2.08. The van der Waals surface area contributed by atoms with Crippen LogP contribution in [0.1, 0.15) is 61.3 Å². The molecule has 0 aliphatic rings. The minimum Gasteiger partial charge on any atom is -0.355 e. The van der Waals surface area contributed by atoms with Gasteiger partial charge < -0.3 is 10.6 Å². The van der Waals surface area contributed by atoms with Gasteiger partial charge in [0.1, 0.15) is 0 Å². The van der Waals surface area contributed by atoms with Crippen molar-refractivity contribution in [2.24, 2.45) is 11.3 Å². The van der Waals surface area contributed by atoms with E-state index in [9.17, 15) is 4.79 Å². The third kappa shape index (κ3) is 4.97. The summed E-state index contributed by atoms with van der Waals surface area (Å²) in [7, 11) is 0. The summed E-state index contributed by atoms with van der Waals surface area (Å²) in [5.41, 5.74) is -0.252. The first kappa shape index (κ1) is 17.4. The highest BCUT2D eigenvalue weighted by Crippen LogP contribution is 2.24. The average Bonchev–Trinajstić information content (AvgIpc) is 2.26. The van der Waals surface area contributed by atoms with Crippen LogP contribution in [-0.4, -0.2) is 24.5 Å². The van der Waals surface area contributed by atoms with E-state index >= 15 is 0 Å². The van der Waals surface area contributed by atoms with Crippen molar-refractivity contribution in [1.82, 2.24) is 10.6 Å². The van der Waals surface area contributed by atoms with Crippen LogP contribution in [0.15, 0.2) is 0 Å². The Labute approximate surface area is 113 Å². The van der Waals surface area contributed by atoms with Crippen LogP contribution in [0.5, 0.6) is 0 Å². The molecule has 108 valence electrons. The predicted octanol–water partition coefficient (Wildman–Crippen LogP) is 2.95. The Hall–Kier alpha value is -0.570. The zero-order valence-corrected chi connectivity index (χ0v) is 13.3. The van der Waals surface area contributed by atoms with Crippen molar-refractivity contribution in [3.8, 4) is 0 Å². The lowest BCUT2D eigenvalue weighted by molar-refractivity contribution is -0.128. The summed E-state index contributed by atoms with van der Waals surface area (Å²) in [5, 5.41) is 6.43. The van der Waals surface area contributed by atoms with Crippen LogP contribution in [0, 0.1) is 11.3 Å². The predicted molar refractivity (Wildman–Crippen MR) is 78.6 cm³/mol. The van der Waals surface area contributed by atoms with Crippen LogP contribution in [0.25, 0.3) is 0 Å². The molecule has 0 rings (SSSR count). The van der Waals surface area contributed by atoms with E-state index < -0.39 is 5.54 Å². The number of carbonyl (C=O) groups excluding carboxylic acids is 1. The Morgan fingerprint density at radius 3 is 2.11 bits per heavy atom. The fraction of sp³-hybridized carbons (Fsp3) is 0.933. The second-order valence-corrected chi connectivity index (χ2v) is 6.48. The molecule has 3 heteroatoms. The molecule has 1 unspecified atom stereocenters. The number of likely N-dealkylation sites (N-methyl/N-ethyl adjacent to an activating group) is 1. The second kappa shape index (κ2) is 7.13. The number of hydrogen-bond donors (Lipinski definition) is 2. The standard InChI is InChI=1S/C15H32N2O/c1-8-10-14(5,6)11-17-15(7,12(3)4)13(18)16-9-2/h12,17H,8-11H2,1-7H3,(H,16,18). The van der Waals surface area contributed by atoms with Gasteiger partial charge in [0.2, 0.25) is 5.91 Å². The maximum absolute atomic E-state index is 12.2. The number of hydrogen-bond acceptors (Lipinski definition) is 2. The molecule has 2 N–H and O–H groups in total. The molecule has 0 heterocycles. The van der Waals surface area contributed by atoms with Crippen LogP contribution in [0.2, 0.25) is 0 Å². The smallest absolute Gasteiger partial charge is 0.240 e. The molecule has 18 heavy (non-hydrogen) atoms. The van der Waals surface area contributed by atoms with Crippen molar-refractivity contribution in [1.29, 1.82) is 0 Å². The van der Waals surface area contributed by atoms with E-state index in [1.165, 1.54) is 12.8 Å². The maximum atomic E-state index is 12.2. The number of amides is 1. The van der Waals surface area contributed by atoms with Gasteiger partial charge in [0.15, 0.2) is 0 Å². The average molecular weight is 256 g/mol. The molecule has 0 aromatic heterocycles. The molecular weight excluding hydrogens is 224 g/mol. The largest absolute Gasteiger partial charge is 0.355 e. The molecule has 0 fully saturated rings. The van der Waals surface area contributed by atoms with Gasteiger partial charge in [0.05, 0.1) is 5.54 Å². The summed E-state index contributed by atoms with van der Waals surface area (Å²) in [6, 6.07) is 0. The van der Waals surface area contributed by atoms with Crippen LogP contribution in [0.3, 0.4) is 0 Å². The van der Waals surface area contributed by atoms with Crippen molar-refractivity contribution in [3.05, 3.63) is 0 Å². The summed E-state index contributed by atoms with van der Waals surface area (Å²) in [6.07, 6.45) is 2.35. The van der Waals surface area contributed by atoms with Gasteiger partial charge in [-0.05, 0) is 31.6 Å². The molecule has 0 aliphatic heterocycles. The molecule has 0 aromatic carbocycles. The topological polar surface area (TPSA) is 41.1 Å². The molecule has 0 bridgehead atoms. The zero-order valence-electron chi connectivity index (χ0n) is 13.3. The summed E-state index contributed by atoms with van der Waals surface area (Å²) in [5.74, 6) is 0.369. The molecule has 1 atom stereocenters. The molecule has 0 aromatic rings.